The van der Waals surface area contributed by atoms with Gasteiger partial charge >= 0.3 is 0 Å². The average molecular weight is 503 g/mol. The summed E-state index contributed by atoms with van der Waals surface area (Å²) in [6.45, 7) is 0. The van der Waals surface area contributed by atoms with Crippen molar-refractivity contribution < 1.29 is 13.7 Å². The van der Waals surface area contributed by atoms with Crippen molar-refractivity contribution in [2.24, 2.45) is 0 Å². The van der Waals surface area contributed by atoms with Gasteiger partial charge in [0.15, 0.2) is 11.0 Å². The quantitative estimate of drug-likeness (QED) is 0.320. The Balaban J connectivity index is 1.69. The van der Waals surface area contributed by atoms with Crippen LogP contribution in [0.15, 0.2) is 99.4 Å². The SMILES string of the molecule is c1c[nH]c(N2OC(c3ccn[nH]3)C(c3ncco3)(c3cccs3)C2(c2ccco2)c2nccs2)c1. The van der Waals surface area contributed by atoms with E-state index in [1.54, 1.807) is 42.5 Å². The van der Waals surface area contributed by atoms with Gasteiger partial charge in [-0.2, -0.15) is 5.10 Å². The molecule has 7 rings (SSSR count). The normalized spacial score (nSPS) is 24.3. The Morgan fingerprint density at radius 3 is 2.57 bits per heavy atom. The van der Waals surface area contributed by atoms with Crippen LogP contribution < -0.4 is 5.06 Å². The van der Waals surface area contributed by atoms with E-state index in [0.29, 0.717) is 11.7 Å². The topological polar surface area (TPSA) is 109 Å². The van der Waals surface area contributed by atoms with Gasteiger partial charge in [-0.05, 0) is 41.8 Å². The number of aromatic nitrogens is 5. The summed E-state index contributed by atoms with van der Waals surface area (Å²) in [5, 5.41) is 14.0. The summed E-state index contributed by atoms with van der Waals surface area (Å²) in [7, 11) is 0. The molecule has 9 nitrogen and oxygen atoms in total. The minimum atomic E-state index is -1.14. The third-order valence-corrected chi connectivity index (χ3v) is 8.27. The van der Waals surface area contributed by atoms with Crippen molar-refractivity contribution >= 4 is 28.5 Å². The standard InChI is InChI=1S/C24H18N6O3S2/c1-6-19(25-8-1)30-24(17-4-2-12-31-17,22-27-11-15-35-22)23(18-5-3-14-34-18,21-26-10-13-32-21)20(33-30)16-7-9-28-29-16/h1-15,20,25H,(H,28,29). The molecule has 0 aliphatic carbocycles. The van der Waals surface area contributed by atoms with E-state index in [2.05, 4.69) is 21.2 Å². The maximum absolute atomic E-state index is 6.92. The van der Waals surface area contributed by atoms with Crippen molar-refractivity contribution in [3.8, 4) is 0 Å². The van der Waals surface area contributed by atoms with E-state index < -0.39 is 17.1 Å². The highest BCUT2D eigenvalue weighted by Crippen LogP contribution is 2.67. The van der Waals surface area contributed by atoms with Gasteiger partial charge in [-0.3, -0.25) is 9.94 Å². The largest absolute Gasteiger partial charge is 0.466 e. The Kier molecular flexibility index (Phi) is 4.56. The monoisotopic (exact) mass is 502 g/mol. The Hall–Kier alpha value is -3.93. The zero-order valence-electron chi connectivity index (χ0n) is 18.1. The lowest BCUT2D eigenvalue weighted by Gasteiger charge is -2.43. The van der Waals surface area contributed by atoms with Gasteiger partial charge in [0.05, 0.1) is 18.2 Å². The number of oxazole rings is 1. The highest BCUT2D eigenvalue weighted by molar-refractivity contribution is 7.10. The maximum Gasteiger partial charge on any atom is 0.212 e. The Morgan fingerprint density at radius 2 is 1.91 bits per heavy atom. The van der Waals surface area contributed by atoms with Crippen LogP contribution >= 0.6 is 22.7 Å². The van der Waals surface area contributed by atoms with Crippen LogP contribution in [0.3, 0.4) is 0 Å². The lowest BCUT2D eigenvalue weighted by Crippen LogP contribution is -2.56. The number of hydroxylamine groups is 1. The molecule has 0 saturated carbocycles. The maximum atomic E-state index is 6.92. The van der Waals surface area contributed by atoms with Gasteiger partial charge in [-0.15, -0.1) is 22.7 Å². The smallest absolute Gasteiger partial charge is 0.212 e. The molecular weight excluding hydrogens is 484 g/mol. The summed E-state index contributed by atoms with van der Waals surface area (Å²) in [6.07, 6.45) is 9.63. The van der Waals surface area contributed by atoms with E-state index in [9.17, 15) is 0 Å². The van der Waals surface area contributed by atoms with Crippen molar-refractivity contribution in [2.75, 3.05) is 5.06 Å². The van der Waals surface area contributed by atoms with Crippen LogP contribution in [0.2, 0.25) is 0 Å². The molecular formula is C24H18N6O3S2. The summed E-state index contributed by atoms with van der Waals surface area (Å²) < 4.78 is 12.4. The molecule has 0 amide bonds. The summed E-state index contributed by atoms with van der Waals surface area (Å²) in [5.41, 5.74) is -1.43. The number of anilines is 1. The summed E-state index contributed by atoms with van der Waals surface area (Å²) >= 11 is 3.12. The zero-order valence-corrected chi connectivity index (χ0v) is 19.7. The molecule has 35 heavy (non-hydrogen) atoms. The van der Waals surface area contributed by atoms with Crippen LogP contribution in [0.4, 0.5) is 5.82 Å². The molecule has 3 atom stereocenters. The van der Waals surface area contributed by atoms with Crippen LogP contribution in [-0.2, 0) is 15.8 Å². The Labute approximate surface area is 207 Å². The minimum absolute atomic E-state index is 0.472. The molecule has 0 aromatic carbocycles. The number of furan rings is 1. The lowest BCUT2D eigenvalue weighted by molar-refractivity contribution is 0.0573. The lowest BCUT2D eigenvalue weighted by atomic mass is 9.63. The van der Waals surface area contributed by atoms with E-state index in [-0.39, 0.29) is 0 Å². The van der Waals surface area contributed by atoms with Crippen molar-refractivity contribution in [2.45, 2.75) is 17.1 Å². The summed E-state index contributed by atoms with van der Waals surface area (Å²) in [6, 6.07) is 13.7. The first-order valence-electron chi connectivity index (χ1n) is 10.8. The first kappa shape index (κ1) is 20.4. The molecule has 0 bridgehead atoms. The number of thiazole rings is 1. The fourth-order valence-electron chi connectivity index (χ4n) is 5.14. The van der Waals surface area contributed by atoms with E-state index in [0.717, 1.165) is 21.4 Å². The molecule has 0 radical (unpaired) electrons. The second kappa shape index (κ2) is 7.80. The van der Waals surface area contributed by atoms with E-state index in [1.165, 1.54) is 11.3 Å². The molecule has 1 saturated heterocycles. The first-order valence-corrected chi connectivity index (χ1v) is 12.6. The van der Waals surface area contributed by atoms with Gasteiger partial charge in [-0.25, -0.2) is 15.0 Å². The van der Waals surface area contributed by atoms with Crippen molar-refractivity contribution in [1.82, 2.24) is 25.1 Å². The highest BCUT2D eigenvalue weighted by atomic mass is 32.1. The predicted molar refractivity (Wildman–Crippen MR) is 129 cm³/mol. The molecule has 174 valence electrons. The van der Waals surface area contributed by atoms with Gasteiger partial charge in [0.1, 0.15) is 29.0 Å². The molecule has 3 unspecified atom stereocenters. The van der Waals surface area contributed by atoms with E-state index >= 15 is 0 Å². The molecule has 0 spiro atoms. The highest BCUT2D eigenvalue weighted by Gasteiger charge is 2.76. The van der Waals surface area contributed by atoms with Gasteiger partial charge in [0.25, 0.3) is 0 Å². The van der Waals surface area contributed by atoms with E-state index in [1.807, 2.05) is 58.4 Å². The van der Waals surface area contributed by atoms with E-state index in [4.69, 9.17) is 23.6 Å². The zero-order chi connectivity index (χ0) is 23.3. The Morgan fingerprint density at radius 1 is 0.914 bits per heavy atom. The number of thiophene rings is 1. The van der Waals surface area contributed by atoms with Crippen molar-refractivity contribution in [3.05, 3.63) is 118 Å². The van der Waals surface area contributed by atoms with Gasteiger partial charge in [0.2, 0.25) is 5.89 Å². The number of rotatable bonds is 6. The fraction of sp³-hybridized carbons (Fsp3) is 0.125. The predicted octanol–water partition coefficient (Wildman–Crippen LogP) is 5.26. The molecule has 1 aliphatic heterocycles. The minimum Gasteiger partial charge on any atom is -0.466 e. The summed E-state index contributed by atoms with van der Waals surface area (Å²) in [5.74, 6) is 1.84. The molecule has 1 fully saturated rings. The van der Waals surface area contributed by atoms with Crippen LogP contribution in [0.1, 0.15) is 33.3 Å². The van der Waals surface area contributed by atoms with Crippen molar-refractivity contribution in [3.63, 3.8) is 0 Å². The fourth-order valence-corrected chi connectivity index (χ4v) is 7.02. The number of hydrogen-bond donors (Lipinski definition) is 2. The van der Waals surface area contributed by atoms with Crippen molar-refractivity contribution in [1.29, 1.82) is 0 Å². The number of hydrogen-bond acceptors (Lipinski definition) is 9. The number of aromatic amines is 2. The van der Waals surface area contributed by atoms with Crippen LogP contribution in [-0.4, -0.2) is 25.1 Å². The average Bonchev–Trinajstić information content (AvgIpc) is 3.71. The third kappa shape index (κ3) is 2.62. The van der Waals surface area contributed by atoms with Gasteiger partial charge < -0.3 is 13.8 Å². The molecule has 11 heteroatoms. The molecule has 6 aromatic rings. The first-order chi connectivity index (χ1) is 17.4. The second-order valence-electron chi connectivity index (χ2n) is 7.99. The number of nitrogens with zero attached hydrogens (tertiary/aromatic N) is 4. The van der Waals surface area contributed by atoms with Crippen LogP contribution in [0.5, 0.6) is 0 Å². The number of H-pyrrole nitrogens is 2. The van der Waals surface area contributed by atoms with Gasteiger partial charge in [-0.1, -0.05) is 6.07 Å². The molecule has 7 heterocycles. The number of nitrogens with one attached hydrogen (secondary N) is 2. The Bertz CT molecular complexity index is 1290. The van der Waals surface area contributed by atoms with Gasteiger partial charge in [0, 0.05) is 28.8 Å². The molecule has 1 aliphatic rings. The van der Waals surface area contributed by atoms with Crippen LogP contribution in [0, 0.1) is 0 Å². The summed E-state index contributed by atoms with van der Waals surface area (Å²) in [4.78, 5) is 20.8. The molecule has 6 aromatic heterocycles. The van der Waals surface area contributed by atoms with Crippen LogP contribution in [0.25, 0.3) is 0 Å². The molecule has 2 N–H and O–H groups in total. The third-order valence-electron chi connectivity index (χ3n) is 6.38. The second-order valence-corrected chi connectivity index (χ2v) is 9.84.